The molecule has 1 fully saturated rings. The number of aromatic nitrogens is 5. The minimum atomic E-state index is -0.225. The van der Waals surface area contributed by atoms with Crippen LogP contribution >= 0.6 is 0 Å². The lowest BCUT2D eigenvalue weighted by molar-refractivity contribution is 0.0368. The number of anilines is 2. The minimum absolute atomic E-state index is 0.225. The molecule has 0 atom stereocenters. The third-order valence-corrected chi connectivity index (χ3v) is 7.41. The van der Waals surface area contributed by atoms with Crippen molar-refractivity contribution in [3.63, 3.8) is 0 Å². The SMILES string of the molecule is COc1cc(-c2nn(CCCN3CCOCC3)c3ncnc(N)c23)ccc1NC(=O)c1cc2ccccc2n1C. The maximum atomic E-state index is 13.2. The maximum absolute atomic E-state index is 13.2. The molecule has 1 aliphatic rings. The fraction of sp³-hybridized carbons (Fsp3) is 0.310. The molecule has 40 heavy (non-hydrogen) atoms. The molecule has 0 radical (unpaired) electrons. The second kappa shape index (κ2) is 10.9. The Balaban J connectivity index is 1.27. The number of hydrogen-bond donors (Lipinski definition) is 2. The first kappa shape index (κ1) is 25.8. The van der Waals surface area contributed by atoms with Gasteiger partial charge in [0.15, 0.2) is 5.65 Å². The van der Waals surface area contributed by atoms with Gasteiger partial charge < -0.3 is 25.1 Å². The van der Waals surface area contributed by atoms with Gasteiger partial charge in [0.1, 0.15) is 29.3 Å². The van der Waals surface area contributed by atoms with E-state index >= 15 is 0 Å². The van der Waals surface area contributed by atoms with Crippen LogP contribution in [-0.4, -0.2) is 75.1 Å². The van der Waals surface area contributed by atoms with Crippen molar-refractivity contribution >= 4 is 39.3 Å². The summed E-state index contributed by atoms with van der Waals surface area (Å²) in [6.45, 7) is 5.10. The normalized spacial score (nSPS) is 14.2. The molecular weight excluding hydrogens is 508 g/mol. The zero-order chi connectivity index (χ0) is 27.6. The molecule has 1 aliphatic heterocycles. The van der Waals surface area contributed by atoms with Crippen molar-refractivity contribution in [2.75, 3.05) is 51.0 Å². The van der Waals surface area contributed by atoms with Gasteiger partial charge in [-0.3, -0.25) is 9.69 Å². The number of para-hydroxylation sites is 1. The average Bonchev–Trinajstić information content (AvgIpc) is 3.53. The molecule has 0 unspecified atom stereocenters. The third-order valence-electron chi connectivity index (χ3n) is 7.41. The summed E-state index contributed by atoms with van der Waals surface area (Å²) < 4.78 is 14.9. The van der Waals surface area contributed by atoms with Crippen molar-refractivity contribution in [3.8, 4) is 17.0 Å². The Morgan fingerprint density at radius 1 is 1.10 bits per heavy atom. The molecule has 11 nitrogen and oxygen atoms in total. The van der Waals surface area contributed by atoms with Gasteiger partial charge in [0.2, 0.25) is 0 Å². The van der Waals surface area contributed by atoms with E-state index in [9.17, 15) is 4.79 Å². The number of benzene rings is 2. The van der Waals surface area contributed by atoms with E-state index in [4.69, 9.17) is 20.3 Å². The molecule has 1 saturated heterocycles. The zero-order valence-corrected chi connectivity index (χ0v) is 22.6. The van der Waals surface area contributed by atoms with E-state index in [1.165, 1.54) is 6.33 Å². The van der Waals surface area contributed by atoms with Gasteiger partial charge in [-0.1, -0.05) is 24.3 Å². The van der Waals surface area contributed by atoms with Crippen LogP contribution in [0.5, 0.6) is 5.75 Å². The van der Waals surface area contributed by atoms with Crippen LogP contribution in [0.2, 0.25) is 0 Å². The van der Waals surface area contributed by atoms with Crippen molar-refractivity contribution in [1.82, 2.24) is 29.2 Å². The molecule has 3 N–H and O–H groups in total. The van der Waals surface area contributed by atoms with Crippen molar-refractivity contribution in [2.24, 2.45) is 7.05 Å². The van der Waals surface area contributed by atoms with Crippen molar-refractivity contribution in [3.05, 3.63) is 60.6 Å². The summed E-state index contributed by atoms with van der Waals surface area (Å²) >= 11 is 0. The number of nitrogen functional groups attached to an aromatic ring is 1. The summed E-state index contributed by atoms with van der Waals surface area (Å²) in [5.41, 5.74) is 10.6. The summed E-state index contributed by atoms with van der Waals surface area (Å²) in [7, 11) is 3.46. The number of hydrogen-bond acceptors (Lipinski definition) is 8. The number of carbonyl (C=O) groups is 1. The number of rotatable bonds is 8. The van der Waals surface area contributed by atoms with Crippen LogP contribution in [-0.2, 0) is 18.3 Å². The minimum Gasteiger partial charge on any atom is -0.495 e. The second-order valence-electron chi connectivity index (χ2n) is 9.85. The Labute approximate surface area is 231 Å². The molecule has 206 valence electrons. The van der Waals surface area contributed by atoms with Crippen LogP contribution in [0.25, 0.3) is 33.2 Å². The summed E-state index contributed by atoms with van der Waals surface area (Å²) in [5.74, 6) is 0.652. The quantitative estimate of drug-likeness (QED) is 0.306. The van der Waals surface area contributed by atoms with Crippen molar-refractivity contribution in [1.29, 1.82) is 0 Å². The highest BCUT2D eigenvalue weighted by molar-refractivity contribution is 6.07. The Morgan fingerprint density at radius 3 is 2.73 bits per heavy atom. The molecule has 6 rings (SSSR count). The number of morpholine rings is 1. The van der Waals surface area contributed by atoms with E-state index in [1.807, 2.05) is 64.8 Å². The topological polar surface area (TPSA) is 125 Å². The van der Waals surface area contributed by atoms with Gasteiger partial charge in [-0.25, -0.2) is 14.6 Å². The fourth-order valence-electron chi connectivity index (χ4n) is 5.29. The molecule has 4 heterocycles. The number of aryl methyl sites for hydroxylation is 2. The maximum Gasteiger partial charge on any atom is 0.272 e. The van der Waals surface area contributed by atoms with E-state index < -0.39 is 0 Å². The number of ether oxygens (including phenoxy) is 2. The fourth-order valence-corrected chi connectivity index (χ4v) is 5.29. The van der Waals surface area contributed by atoms with Crippen LogP contribution in [0, 0.1) is 0 Å². The van der Waals surface area contributed by atoms with Crippen LogP contribution in [0.3, 0.4) is 0 Å². The van der Waals surface area contributed by atoms with Gasteiger partial charge in [0.25, 0.3) is 5.91 Å². The summed E-state index contributed by atoms with van der Waals surface area (Å²) in [6.07, 6.45) is 2.39. The Bertz CT molecular complexity index is 1690. The average molecular weight is 541 g/mol. The lowest BCUT2D eigenvalue weighted by atomic mass is 10.1. The molecule has 2 aromatic carbocycles. The van der Waals surface area contributed by atoms with Gasteiger partial charge in [0, 0.05) is 49.7 Å². The lowest BCUT2D eigenvalue weighted by Crippen LogP contribution is -2.37. The second-order valence-corrected chi connectivity index (χ2v) is 9.85. The van der Waals surface area contributed by atoms with Crippen LogP contribution in [0.15, 0.2) is 54.9 Å². The van der Waals surface area contributed by atoms with Gasteiger partial charge in [0.05, 0.1) is 31.4 Å². The van der Waals surface area contributed by atoms with Gasteiger partial charge >= 0.3 is 0 Å². The summed E-state index contributed by atoms with van der Waals surface area (Å²) in [4.78, 5) is 24.3. The van der Waals surface area contributed by atoms with Crippen LogP contribution < -0.4 is 15.8 Å². The number of amides is 1. The predicted octanol–water partition coefficient (Wildman–Crippen LogP) is 3.55. The third kappa shape index (κ3) is 4.85. The number of fused-ring (bicyclic) bond motifs is 2. The summed E-state index contributed by atoms with van der Waals surface area (Å²) in [5, 5.41) is 9.60. The predicted molar refractivity (Wildman–Crippen MR) is 154 cm³/mol. The number of nitrogens with two attached hydrogens (primary N) is 1. The number of nitrogens with zero attached hydrogens (tertiary/aromatic N) is 6. The zero-order valence-electron chi connectivity index (χ0n) is 22.6. The molecule has 0 aliphatic carbocycles. The highest BCUT2D eigenvalue weighted by Gasteiger charge is 2.20. The molecular formula is C29H32N8O3. The smallest absolute Gasteiger partial charge is 0.272 e. The highest BCUT2D eigenvalue weighted by atomic mass is 16.5. The molecule has 11 heteroatoms. The largest absolute Gasteiger partial charge is 0.495 e. The number of carbonyl (C=O) groups excluding carboxylic acids is 1. The van der Waals surface area contributed by atoms with Gasteiger partial charge in [-0.15, -0.1) is 0 Å². The monoisotopic (exact) mass is 540 g/mol. The molecule has 0 saturated carbocycles. The molecule has 3 aromatic heterocycles. The number of methoxy groups -OCH3 is 1. The van der Waals surface area contributed by atoms with E-state index in [2.05, 4.69) is 20.2 Å². The van der Waals surface area contributed by atoms with Crippen LogP contribution in [0.1, 0.15) is 16.9 Å². The first-order valence-corrected chi connectivity index (χ1v) is 13.3. The Hall–Kier alpha value is -4.48. The van der Waals surface area contributed by atoms with Gasteiger partial charge in [-0.05, 0) is 30.7 Å². The van der Waals surface area contributed by atoms with Gasteiger partial charge in [-0.2, -0.15) is 5.10 Å². The Kier molecular flexibility index (Phi) is 7.06. The van der Waals surface area contributed by atoms with E-state index in [0.717, 1.165) is 55.7 Å². The van der Waals surface area contributed by atoms with E-state index in [1.54, 1.807) is 7.11 Å². The lowest BCUT2D eigenvalue weighted by Gasteiger charge is -2.26. The highest BCUT2D eigenvalue weighted by Crippen LogP contribution is 2.35. The first-order valence-electron chi connectivity index (χ1n) is 13.3. The first-order chi connectivity index (χ1) is 19.5. The standard InChI is InChI=1S/C29H32N8O3/c1-35-22-7-4-3-6-19(22)16-23(35)29(38)33-21-9-8-20(17-24(21)39-2)26-25-27(30)31-18-32-28(25)37(34-26)11-5-10-36-12-14-40-15-13-36/h3-4,6-9,16-18H,5,10-15H2,1-2H3,(H,33,38)(H2,30,31,32). The van der Waals surface area contributed by atoms with E-state index in [-0.39, 0.29) is 5.91 Å². The van der Waals surface area contributed by atoms with Crippen LogP contribution in [0.4, 0.5) is 11.5 Å². The molecule has 5 aromatic rings. The van der Waals surface area contributed by atoms with Crippen molar-refractivity contribution in [2.45, 2.75) is 13.0 Å². The van der Waals surface area contributed by atoms with Crippen molar-refractivity contribution < 1.29 is 14.3 Å². The Morgan fingerprint density at radius 2 is 1.93 bits per heavy atom. The summed E-state index contributed by atoms with van der Waals surface area (Å²) in [6, 6.07) is 15.3. The molecule has 0 bridgehead atoms. The molecule has 1 amide bonds. The van der Waals surface area contributed by atoms with E-state index in [0.29, 0.717) is 46.2 Å². The number of nitrogens with one attached hydrogen (secondary N) is 1. The molecule has 0 spiro atoms.